The Balaban J connectivity index is 1.86. The Kier molecular flexibility index (Phi) is 6.55. The molecule has 180 valence electrons. The molecule has 9 heteroatoms. The standard InChI is InChI=1S/C25H22ClF3O5/c26-12-1-13-33-19-9-4-16(5-10-19)23-22(15-2-6-17(30)7-3-15)24(32,25(27,28)29)20-11-8-18(31)14-21(20)34-23/h2-11,14,22-23,30-32H,1,12-13H2. The molecular formula is C25H22ClF3O5. The second-order valence-corrected chi connectivity index (χ2v) is 8.39. The second-order valence-electron chi connectivity index (χ2n) is 8.01. The molecular weight excluding hydrogens is 473 g/mol. The number of aromatic hydroxyl groups is 2. The Bertz CT molecular complexity index is 1130. The summed E-state index contributed by atoms with van der Waals surface area (Å²) in [5.41, 5.74) is -3.37. The number of hydrogen-bond donors (Lipinski definition) is 3. The summed E-state index contributed by atoms with van der Waals surface area (Å²) >= 11 is 5.65. The number of benzene rings is 3. The van der Waals surface area contributed by atoms with Gasteiger partial charge in [-0.25, -0.2) is 0 Å². The van der Waals surface area contributed by atoms with Crippen LogP contribution in [0.2, 0.25) is 0 Å². The minimum atomic E-state index is -5.09. The molecule has 3 unspecified atom stereocenters. The van der Waals surface area contributed by atoms with Crippen LogP contribution in [0.3, 0.4) is 0 Å². The van der Waals surface area contributed by atoms with Gasteiger partial charge in [0.15, 0.2) is 5.60 Å². The first-order valence-electron chi connectivity index (χ1n) is 10.5. The summed E-state index contributed by atoms with van der Waals surface area (Å²) in [6, 6.07) is 14.6. The van der Waals surface area contributed by atoms with Crippen molar-refractivity contribution in [3.63, 3.8) is 0 Å². The van der Waals surface area contributed by atoms with Gasteiger partial charge in [-0.15, -0.1) is 11.6 Å². The van der Waals surface area contributed by atoms with E-state index >= 15 is 0 Å². The first-order chi connectivity index (χ1) is 16.1. The van der Waals surface area contributed by atoms with Gasteiger partial charge >= 0.3 is 6.18 Å². The van der Waals surface area contributed by atoms with E-state index in [0.717, 1.165) is 18.2 Å². The summed E-state index contributed by atoms with van der Waals surface area (Å²) in [5, 5.41) is 30.9. The largest absolute Gasteiger partial charge is 0.508 e. The Hall–Kier alpha value is -3.10. The predicted molar refractivity (Wildman–Crippen MR) is 120 cm³/mol. The van der Waals surface area contributed by atoms with Gasteiger partial charge in [-0.05, 0) is 53.9 Å². The van der Waals surface area contributed by atoms with Crippen LogP contribution in [0.5, 0.6) is 23.0 Å². The smallest absolute Gasteiger partial charge is 0.422 e. The van der Waals surface area contributed by atoms with Crippen LogP contribution in [-0.4, -0.2) is 34.0 Å². The fraction of sp³-hybridized carbons (Fsp3) is 0.280. The van der Waals surface area contributed by atoms with Crippen molar-refractivity contribution in [3.8, 4) is 23.0 Å². The molecule has 3 atom stereocenters. The number of phenolic OH excluding ortho intramolecular Hbond substituents is 2. The third kappa shape index (κ3) is 4.35. The van der Waals surface area contributed by atoms with Gasteiger partial charge in [-0.3, -0.25) is 0 Å². The number of hydrogen-bond acceptors (Lipinski definition) is 5. The average molecular weight is 495 g/mol. The summed E-state index contributed by atoms with van der Waals surface area (Å²) in [4.78, 5) is 0. The van der Waals surface area contributed by atoms with Crippen LogP contribution in [0.15, 0.2) is 66.7 Å². The van der Waals surface area contributed by atoms with Crippen molar-refractivity contribution in [1.82, 2.24) is 0 Å². The van der Waals surface area contributed by atoms with Crippen molar-refractivity contribution in [3.05, 3.63) is 83.4 Å². The van der Waals surface area contributed by atoms with Crippen molar-refractivity contribution >= 4 is 11.6 Å². The van der Waals surface area contributed by atoms with Crippen molar-refractivity contribution < 1.29 is 38.0 Å². The molecule has 0 bridgehead atoms. The highest BCUT2D eigenvalue weighted by molar-refractivity contribution is 6.17. The van der Waals surface area contributed by atoms with Crippen LogP contribution in [0.4, 0.5) is 13.2 Å². The van der Waals surface area contributed by atoms with Gasteiger partial charge in [0.1, 0.15) is 29.1 Å². The molecule has 1 heterocycles. The fourth-order valence-electron chi connectivity index (χ4n) is 4.20. The Morgan fingerprint density at radius 3 is 2.15 bits per heavy atom. The van der Waals surface area contributed by atoms with Crippen LogP contribution in [0.25, 0.3) is 0 Å². The molecule has 3 aromatic carbocycles. The van der Waals surface area contributed by atoms with Crippen LogP contribution in [-0.2, 0) is 5.60 Å². The summed E-state index contributed by atoms with van der Waals surface area (Å²) in [7, 11) is 0. The summed E-state index contributed by atoms with van der Waals surface area (Å²) in [6.45, 7) is 0.388. The molecule has 0 spiro atoms. The molecule has 0 fully saturated rings. The predicted octanol–water partition coefficient (Wildman–Crippen LogP) is 5.77. The van der Waals surface area contributed by atoms with Gasteiger partial charge < -0.3 is 24.8 Å². The lowest BCUT2D eigenvalue weighted by molar-refractivity contribution is -0.288. The highest BCUT2D eigenvalue weighted by Crippen LogP contribution is 2.60. The molecule has 4 rings (SSSR count). The first-order valence-corrected chi connectivity index (χ1v) is 11.1. The number of rotatable bonds is 6. The third-order valence-corrected chi connectivity index (χ3v) is 6.09. The van der Waals surface area contributed by atoms with Gasteiger partial charge in [-0.2, -0.15) is 13.2 Å². The van der Waals surface area contributed by atoms with Crippen LogP contribution >= 0.6 is 11.6 Å². The average Bonchev–Trinajstić information content (AvgIpc) is 2.79. The second kappa shape index (κ2) is 9.27. The highest BCUT2D eigenvalue weighted by atomic mass is 35.5. The van der Waals surface area contributed by atoms with Gasteiger partial charge in [0.25, 0.3) is 0 Å². The molecule has 0 amide bonds. The molecule has 1 aliphatic rings. The van der Waals surface area contributed by atoms with Gasteiger partial charge in [0.2, 0.25) is 0 Å². The number of fused-ring (bicyclic) bond motifs is 1. The summed E-state index contributed by atoms with van der Waals surface area (Å²) in [5.74, 6) is -1.38. The molecule has 0 radical (unpaired) electrons. The van der Waals surface area contributed by atoms with E-state index in [1.165, 1.54) is 24.3 Å². The summed E-state index contributed by atoms with van der Waals surface area (Å²) in [6.07, 6.45) is -5.73. The summed E-state index contributed by atoms with van der Waals surface area (Å²) < 4.78 is 55.3. The zero-order valence-corrected chi connectivity index (χ0v) is 18.6. The lowest BCUT2D eigenvalue weighted by Gasteiger charge is -2.46. The van der Waals surface area contributed by atoms with E-state index in [2.05, 4.69) is 0 Å². The van der Waals surface area contributed by atoms with E-state index in [-0.39, 0.29) is 22.8 Å². The number of aliphatic hydroxyl groups is 1. The lowest BCUT2D eigenvalue weighted by atomic mass is 9.70. The van der Waals surface area contributed by atoms with E-state index < -0.39 is 29.4 Å². The topological polar surface area (TPSA) is 79.2 Å². The van der Waals surface area contributed by atoms with Crippen LogP contribution in [0, 0.1) is 0 Å². The zero-order valence-electron chi connectivity index (χ0n) is 17.8. The van der Waals surface area contributed by atoms with Gasteiger partial charge in [0, 0.05) is 17.5 Å². The van der Waals surface area contributed by atoms with E-state index in [9.17, 15) is 28.5 Å². The molecule has 5 nitrogen and oxygen atoms in total. The number of alkyl halides is 4. The van der Waals surface area contributed by atoms with Gasteiger partial charge in [0.05, 0.1) is 12.5 Å². The Labute approximate surface area is 199 Å². The van der Waals surface area contributed by atoms with E-state index in [0.29, 0.717) is 30.2 Å². The van der Waals surface area contributed by atoms with Gasteiger partial charge in [-0.1, -0.05) is 24.3 Å². The van der Waals surface area contributed by atoms with E-state index in [1.807, 2.05) is 0 Å². The molecule has 0 saturated carbocycles. The van der Waals surface area contributed by atoms with E-state index in [1.54, 1.807) is 24.3 Å². The number of halogens is 4. The number of ether oxygens (including phenoxy) is 2. The van der Waals surface area contributed by atoms with E-state index in [4.69, 9.17) is 21.1 Å². The molecule has 34 heavy (non-hydrogen) atoms. The minimum absolute atomic E-state index is 0.115. The Morgan fingerprint density at radius 2 is 1.53 bits per heavy atom. The monoisotopic (exact) mass is 494 g/mol. The fourth-order valence-corrected chi connectivity index (χ4v) is 4.31. The highest BCUT2D eigenvalue weighted by Gasteiger charge is 2.65. The molecule has 0 aromatic heterocycles. The third-order valence-electron chi connectivity index (χ3n) is 5.82. The normalized spacial score (nSPS) is 22.0. The van der Waals surface area contributed by atoms with Crippen LogP contribution in [0.1, 0.15) is 35.1 Å². The minimum Gasteiger partial charge on any atom is -0.508 e. The van der Waals surface area contributed by atoms with Crippen molar-refractivity contribution in [2.24, 2.45) is 0 Å². The number of phenols is 2. The lowest BCUT2D eigenvalue weighted by Crippen LogP contribution is -2.52. The molecule has 0 saturated heterocycles. The van der Waals surface area contributed by atoms with Crippen molar-refractivity contribution in [2.45, 2.75) is 30.2 Å². The maximum absolute atomic E-state index is 14.6. The Morgan fingerprint density at radius 1 is 0.912 bits per heavy atom. The SMILES string of the molecule is Oc1ccc(C2C(c3ccc(OCCCCl)cc3)Oc3cc(O)ccc3C2(O)C(F)(F)F)cc1. The zero-order chi connectivity index (χ0) is 24.5. The quantitative estimate of drug-likeness (QED) is 0.299. The molecule has 0 aliphatic carbocycles. The molecule has 1 aliphatic heterocycles. The maximum Gasteiger partial charge on any atom is 0.422 e. The molecule has 3 aromatic rings. The first kappa shape index (κ1) is 24.0. The maximum atomic E-state index is 14.6. The van der Waals surface area contributed by atoms with Crippen molar-refractivity contribution in [2.75, 3.05) is 12.5 Å². The molecule has 3 N–H and O–H groups in total. The van der Waals surface area contributed by atoms with Crippen molar-refractivity contribution in [1.29, 1.82) is 0 Å². The van der Waals surface area contributed by atoms with Crippen LogP contribution < -0.4 is 9.47 Å².